The topological polar surface area (TPSA) is 38.7 Å². The third kappa shape index (κ3) is 6.48. The van der Waals surface area contributed by atoms with E-state index in [-0.39, 0.29) is 0 Å². The molecule has 2 aromatic heterocycles. The Morgan fingerprint density at radius 1 is 0.267 bits per heavy atom. The maximum Gasteiger partial charge on any atom is 0.164 e. The second-order valence-corrected chi connectivity index (χ2v) is 17.7. The van der Waals surface area contributed by atoms with Crippen LogP contribution in [0.5, 0.6) is 0 Å². The second kappa shape index (κ2) is 15.5. The molecule has 0 bridgehead atoms. The van der Waals surface area contributed by atoms with E-state index in [1.165, 1.54) is 108 Å². The number of hydrogen-bond acceptors (Lipinski definition) is 4. The average molecular weight is 774 g/mol. The summed E-state index contributed by atoms with van der Waals surface area (Å²) in [5.74, 6) is 2.03. The molecule has 2 heterocycles. The lowest BCUT2D eigenvalue weighted by Crippen LogP contribution is -2.55. The summed E-state index contributed by atoms with van der Waals surface area (Å²) in [6.45, 7) is 0. The van der Waals surface area contributed by atoms with Crippen LogP contribution in [0.2, 0.25) is 0 Å². The Morgan fingerprint density at radius 3 is 1.13 bits per heavy atom. The molecule has 0 aliphatic heterocycles. The molecule has 0 radical (unpaired) electrons. The Hall–Kier alpha value is -5.52. The SMILES string of the molecule is Bc1c(B)c(B)c(-c2c(B)c(B)c(-c3nc(-c4ccccc4)nc(-c4ccc(-c5ccc(-c6ccccc6)cc5)cc4)n3)c3c2sc2c(B)c(B)c(B)c(B)c23)c(B)c1B. The van der Waals surface area contributed by atoms with Crippen molar-refractivity contribution in [2.24, 2.45) is 0 Å². The summed E-state index contributed by atoms with van der Waals surface area (Å²) in [7, 11) is 25.2. The summed E-state index contributed by atoms with van der Waals surface area (Å²) in [5, 5.41) is 2.56. The molecule has 9 aromatic rings. The molecule has 3 nitrogen and oxygen atoms in total. The van der Waals surface area contributed by atoms with Crippen LogP contribution >= 0.6 is 11.3 Å². The van der Waals surface area contributed by atoms with Gasteiger partial charge in [0.05, 0.1) is 0 Å². The van der Waals surface area contributed by atoms with Crippen LogP contribution in [0, 0.1) is 0 Å². The fourth-order valence-electron chi connectivity index (χ4n) is 9.21. The van der Waals surface area contributed by atoms with E-state index in [1.54, 1.807) is 0 Å². The van der Waals surface area contributed by atoms with Crippen molar-refractivity contribution >= 4 is 178 Å². The molecule has 0 amide bonds. The molecule has 60 heavy (non-hydrogen) atoms. The van der Waals surface area contributed by atoms with Gasteiger partial charge >= 0.3 is 0 Å². The maximum absolute atomic E-state index is 5.44. The Bertz CT molecular complexity index is 3170. The van der Waals surface area contributed by atoms with Crippen molar-refractivity contribution in [3.05, 3.63) is 109 Å². The van der Waals surface area contributed by atoms with Gasteiger partial charge in [0.1, 0.15) is 86.3 Å². The maximum atomic E-state index is 5.44. The Kier molecular flexibility index (Phi) is 10.3. The van der Waals surface area contributed by atoms with Crippen molar-refractivity contribution < 1.29 is 0 Å². The van der Waals surface area contributed by atoms with Crippen LogP contribution in [-0.2, 0) is 0 Å². The molecule has 7 aromatic carbocycles. The van der Waals surface area contributed by atoms with E-state index in [4.69, 9.17) is 15.0 Å². The molecular weight excluding hydrogens is 734 g/mol. The molecule has 0 saturated heterocycles. The van der Waals surface area contributed by atoms with Crippen LogP contribution in [0.3, 0.4) is 0 Å². The molecular formula is C45H40B11N3S. The molecule has 0 unspecified atom stereocenters. The number of rotatable bonds is 6. The monoisotopic (exact) mass is 775 g/mol. The van der Waals surface area contributed by atoms with Gasteiger partial charge in [0.15, 0.2) is 17.5 Å². The highest BCUT2D eigenvalue weighted by atomic mass is 32.1. The van der Waals surface area contributed by atoms with E-state index in [9.17, 15) is 0 Å². The number of aromatic nitrogens is 3. The standard InChI is InChI=1S/C45H40B11N3S/c46-30-26(31(47)36(52)38(54)35(30)51)28-32(48)34(50)29(25-27-33(49)37(53)39(55)40(56)42(27)60-41(25)28)45-58-43(23-9-5-2-6-10-23)57-44(59-45)24-17-15-22(16-18-24)21-13-11-20(12-14-21)19-7-3-1-4-8-19/h1-18H,46-56H2. The summed E-state index contributed by atoms with van der Waals surface area (Å²) in [6.07, 6.45) is 0. The van der Waals surface area contributed by atoms with Crippen LogP contribution in [0.25, 0.3) is 87.7 Å². The summed E-state index contributed by atoms with van der Waals surface area (Å²) >= 11 is 1.94. The highest BCUT2D eigenvalue weighted by Gasteiger charge is 2.27. The minimum Gasteiger partial charge on any atom is -0.208 e. The van der Waals surface area contributed by atoms with Gasteiger partial charge in [0.25, 0.3) is 0 Å². The van der Waals surface area contributed by atoms with Crippen LogP contribution in [-0.4, -0.2) is 101 Å². The zero-order chi connectivity index (χ0) is 42.1. The quantitative estimate of drug-likeness (QED) is 0.158. The first-order valence-electron chi connectivity index (χ1n) is 21.0. The molecule has 0 saturated carbocycles. The van der Waals surface area contributed by atoms with Gasteiger partial charge in [-0.25, -0.2) is 15.0 Å². The zero-order valence-electron chi connectivity index (χ0n) is 36.6. The van der Waals surface area contributed by atoms with Gasteiger partial charge < -0.3 is 0 Å². The first kappa shape index (κ1) is 39.9. The molecule has 0 spiro atoms. The van der Waals surface area contributed by atoms with E-state index in [0.29, 0.717) is 17.5 Å². The summed E-state index contributed by atoms with van der Waals surface area (Å²) in [5.41, 5.74) is 25.1. The predicted octanol–water partition coefficient (Wildman–Crippen LogP) is -6.92. The van der Waals surface area contributed by atoms with Crippen molar-refractivity contribution in [3.8, 4) is 67.5 Å². The molecule has 0 aliphatic carbocycles. The summed E-state index contributed by atoms with van der Waals surface area (Å²) in [4.78, 5) is 16.0. The first-order chi connectivity index (χ1) is 28.8. The third-order valence-electron chi connectivity index (χ3n) is 13.7. The number of hydrogen-bond donors (Lipinski definition) is 0. The highest BCUT2D eigenvalue weighted by Crippen LogP contribution is 2.41. The van der Waals surface area contributed by atoms with Crippen LogP contribution in [0.15, 0.2) is 109 Å². The third-order valence-corrected chi connectivity index (χ3v) is 15.0. The number of nitrogens with zero attached hydrogens (tertiary/aromatic N) is 3. The normalized spacial score (nSPS) is 11.4. The van der Waals surface area contributed by atoms with Gasteiger partial charge in [-0.05, 0) is 38.8 Å². The average Bonchev–Trinajstić information content (AvgIpc) is 3.68. The van der Waals surface area contributed by atoms with Gasteiger partial charge in [0, 0.05) is 31.5 Å². The molecule has 9 rings (SSSR count). The highest BCUT2D eigenvalue weighted by molar-refractivity contribution is 7.28. The van der Waals surface area contributed by atoms with Gasteiger partial charge in [-0.2, -0.15) is 0 Å². The van der Waals surface area contributed by atoms with Crippen molar-refractivity contribution in [1.29, 1.82) is 0 Å². The lowest BCUT2D eigenvalue weighted by Gasteiger charge is -2.24. The molecule has 0 N–H and O–H groups in total. The Morgan fingerprint density at radius 2 is 0.617 bits per heavy atom. The fourth-order valence-corrected chi connectivity index (χ4v) is 10.7. The van der Waals surface area contributed by atoms with E-state index in [0.717, 1.165) is 22.3 Å². The minimum absolute atomic E-state index is 0.662. The summed E-state index contributed by atoms with van der Waals surface area (Å²) in [6, 6.07) is 38.3. The van der Waals surface area contributed by atoms with E-state index >= 15 is 0 Å². The Balaban J connectivity index is 1.30. The molecule has 0 aliphatic rings. The molecule has 0 fully saturated rings. The van der Waals surface area contributed by atoms with Crippen molar-refractivity contribution in [3.63, 3.8) is 0 Å². The van der Waals surface area contributed by atoms with Gasteiger partial charge in [-0.3, -0.25) is 0 Å². The second-order valence-electron chi connectivity index (χ2n) is 16.7. The largest absolute Gasteiger partial charge is 0.208 e. The lowest BCUT2D eigenvalue weighted by atomic mass is 9.58. The minimum atomic E-state index is 0.662. The van der Waals surface area contributed by atoms with Crippen LogP contribution in [0.1, 0.15) is 0 Å². The number of benzene rings is 7. The predicted molar refractivity (Wildman–Crippen MR) is 295 cm³/mol. The zero-order valence-corrected chi connectivity index (χ0v) is 37.5. The van der Waals surface area contributed by atoms with Crippen LogP contribution in [0.4, 0.5) is 0 Å². The Labute approximate surface area is 367 Å². The number of thiophene rings is 1. The number of fused-ring (bicyclic) bond motifs is 3. The van der Waals surface area contributed by atoms with E-state index in [1.807, 2.05) is 17.4 Å². The van der Waals surface area contributed by atoms with Gasteiger partial charge in [0.2, 0.25) is 0 Å². The van der Waals surface area contributed by atoms with Crippen molar-refractivity contribution in [2.45, 2.75) is 0 Å². The summed E-state index contributed by atoms with van der Waals surface area (Å²) < 4.78 is 2.65. The van der Waals surface area contributed by atoms with Gasteiger partial charge in [-0.1, -0.05) is 142 Å². The van der Waals surface area contributed by atoms with E-state index < -0.39 is 0 Å². The molecule has 15 heteroatoms. The van der Waals surface area contributed by atoms with E-state index in [2.05, 4.69) is 189 Å². The van der Waals surface area contributed by atoms with Crippen molar-refractivity contribution in [1.82, 2.24) is 15.0 Å². The van der Waals surface area contributed by atoms with Crippen molar-refractivity contribution in [2.75, 3.05) is 0 Å². The molecule has 274 valence electrons. The molecule has 0 atom stereocenters. The fraction of sp³-hybridized carbons (Fsp3) is 0. The lowest BCUT2D eigenvalue weighted by molar-refractivity contribution is 1.08. The van der Waals surface area contributed by atoms with Gasteiger partial charge in [-0.15, -0.1) is 38.7 Å². The van der Waals surface area contributed by atoms with Crippen LogP contribution < -0.4 is 60.1 Å². The first-order valence-corrected chi connectivity index (χ1v) is 21.8. The smallest absolute Gasteiger partial charge is 0.164 e.